The molecule has 17 heavy (non-hydrogen) atoms. The Labute approximate surface area is 101 Å². The minimum atomic E-state index is -0.479. The molecular weight excluding hydrogens is 214 g/mol. The quantitative estimate of drug-likeness (QED) is 0.820. The Hall–Kier alpha value is -1.84. The number of rotatable bonds is 3. The van der Waals surface area contributed by atoms with Crippen molar-refractivity contribution in [2.45, 2.75) is 33.2 Å². The van der Waals surface area contributed by atoms with Gasteiger partial charge in [-0.15, -0.1) is 0 Å². The molecule has 2 aromatic rings. The summed E-state index contributed by atoms with van der Waals surface area (Å²) in [6, 6.07) is 4.05. The van der Waals surface area contributed by atoms with E-state index in [-0.39, 0.29) is 0 Å². The Balaban J connectivity index is 2.72. The zero-order chi connectivity index (χ0) is 12.6. The molecule has 0 aromatic carbocycles. The highest BCUT2D eigenvalue weighted by atomic mass is 16.1. The highest BCUT2D eigenvalue weighted by molar-refractivity contribution is 5.60. The number of amides is 1. The fraction of sp³-hybridized carbons (Fsp3) is 0.385. The Morgan fingerprint density at radius 3 is 2.76 bits per heavy atom. The number of nitrogens with one attached hydrogen (secondary N) is 1. The van der Waals surface area contributed by atoms with Gasteiger partial charge in [-0.25, -0.2) is 4.98 Å². The first kappa shape index (κ1) is 11.6. The molecule has 0 fully saturated rings. The third-order valence-electron chi connectivity index (χ3n) is 3.02. The summed E-state index contributed by atoms with van der Waals surface area (Å²) in [5.74, 6) is 0.848. The van der Waals surface area contributed by atoms with Crippen molar-refractivity contribution in [1.82, 2.24) is 14.7 Å². The van der Waals surface area contributed by atoms with Crippen LogP contribution < -0.4 is 5.32 Å². The van der Waals surface area contributed by atoms with Crippen LogP contribution in [0.2, 0.25) is 0 Å². The van der Waals surface area contributed by atoms with Gasteiger partial charge in [0.15, 0.2) is 0 Å². The van der Waals surface area contributed by atoms with E-state index < -0.39 is 5.54 Å². The van der Waals surface area contributed by atoms with Crippen LogP contribution in [0.5, 0.6) is 0 Å². The van der Waals surface area contributed by atoms with Crippen LogP contribution in [0.4, 0.5) is 0 Å². The number of fused-ring (bicyclic) bond motifs is 1. The summed E-state index contributed by atoms with van der Waals surface area (Å²) in [4.78, 5) is 15.2. The maximum absolute atomic E-state index is 10.7. The van der Waals surface area contributed by atoms with Gasteiger partial charge < -0.3 is 9.72 Å². The van der Waals surface area contributed by atoms with Gasteiger partial charge >= 0.3 is 0 Å². The predicted octanol–water partition coefficient (Wildman–Crippen LogP) is 1.93. The maximum atomic E-state index is 10.7. The van der Waals surface area contributed by atoms with E-state index in [1.807, 2.05) is 37.4 Å². The zero-order valence-electron chi connectivity index (χ0n) is 10.6. The number of pyridine rings is 1. The fourth-order valence-corrected chi connectivity index (χ4v) is 2.17. The number of aryl methyl sites for hydroxylation is 2. The van der Waals surface area contributed by atoms with E-state index in [9.17, 15) is 4.79 Å². The monoisotopic (exact) mass is 231 g/mol. The topological polar surface area (TPSA) is 46.4 Å². The van der Waals surface area contributed by atoms with Gasteiger partial charge in [-0.1, -0.05) is 6.07 Å². The summed E-state index contributed by atoms with van der Waals surface area (Å²) in [6.07, 6.45) is 2.69. The first-order chi connectivity index (χ1) is 7.97. The standard InChI is InChI=1S/C13H17N3O/c1-9-6-5-7-16-11(9)10(2)15-12(16)13(3,4)14-8-17/h5-8H,1-4H3,(H,14,17). The summed E-state index contributed by atoms with van der Waals surface area (Å²) in [6.45, 7) is 7.94. The molecule has 2 aromatic heterocycles. The number of hydrogen-bond donors (Lipinski definition) is 1. The SMILES string of the molecule is Cc1cccn2c(C(C)(C)NC=O)nc(C)c12. The summed E-state index contributed by atoms with van der Waals surface area (Å²) in [5.41, 5.74) is 2.81. The Kier molecular flexibility index (Phi) is 2.65. The molecule has 4 nitrogen and oxygen atoms in total. The lowest BCUT2D eigenvalue weighted by molar-refractivity contribution is -0.111. The molecule has 90 valence electrons. The molecule has 4 heteroatoms. The maximum Gasteiger partial charge on any atom is 0.207 e. The van der Waals surface area contributed by atoms with E-state index in [1.54, 1.807) is 0 Å². The number of aromatic nitrogens is 2. The summed E-state index contributed by atoms with van der Waals surface area (Å²) in [5, 5.41) is 2.80. The van der Waals surface area contributed by atoms with Crippen molar-refractivity contribution in [3.8, 4) is 0 Å². The van der Waals surface area contributed by atoms with Crippen LogP contribution in [0.25, 0.3) is 5.52 Å². The van der Waals surface area contributed by atoms with Gasteiger partial charge in [-0.3, -0.25) is 4.79 Å². The molecule has 0 saturated heterocycles. The van der Waals surface area contributed by atoms with Gasteiger partial charge in [0, 0.05) is 6.20 Å². The number of hydrogen-bond acceptors (Lipinski definition) is 2. The molecule has 2 rings (SSSR count). The molecule has 0 aliphatic heterocycles. The van der Waals surface area contributed by atoms with Gasteiger partial charge in [0.05, 0.1) is 16.7 Å². The molecular formula is C13H17N3O. The van der Waals surface area contributed by atoms with Crippen LogP contribution in [0.1, 0.15) is 30.9 Å². The average Bonchev–Trinajstić information content (AvgIpc) is 2.58. The lowest BCUT2D eigenvalue weighted by Crippen LogP contribution is -2.37. The summed E-state index contributed by atoms with van der Waals surface area (Å²) in [7, 11) is 0. The van der Waals surface area contributed by atoms with Crippen molar-refractivity contribution < 1.29 is 4.79 Å². The van der Waals surface area contributed by atoms with Gasteiger partial charge in [-0.05, 0) is 39.3 Å². The fourth-order valence-electron chi connectivity index (χ4n) is 2.17. The molecule has 0 radical (unpaired) electrons. The first-order valence-corrected chi connectivity index (χ1v) is 5.63. The molecule has 1 amide bonds. The van der Waals surface area contributed by atoms with Crippen molar-refractivity contribution in [2.75, 3.05) is 0 Å². The molecule has 0 spiro atoms. The lowest BCUT2D eigenvalue weighted by atomic mass is 10.1. The zero-order valence-corrected chi connectivity index (χ0v) is 10.6. The molecule has 0 unspecified atom stereocenters. The Morgan fingerprint density at radius 2 is 2.12 bits per heavy atom. The van der Waals surface area contributed by atoms with Crippen molar-refractivity contribution >= 4 is 11.9 Å². The van der Waals surface area contributed by atoms with E-state index in [1.165, 1.54) is 5.56 Å². The minimum absolute atomic E-state index is 0.479. The third-order valence-corrected chi connectivity index (χ3v) is 3.02. The highest BCUT2D eigenvalue weighted by Crippen LogP contribution is 2.24. The van der Waals surface area contributed by atoms with E-state index in [4.69, 9.17) is 0 Å². The van der Waals surface area contributed by atoms with Crippen molar-refractivity contribution in [3.05, 3.63) is 35.4 Å². The second kappa shape index (κ2) is 3.87. The van der Waals surface area contributed by atoms with Gasteiger partial charge in [0.25, 0.3) is 0 Å². The summed E-state index contributed by atoms with van der Waals surface area (Å²) >= 11 is 0. The van der Waals surface area contributed by atoms with E-state index in [0.29, 0.717) is 6.41 Å². The second-order valence-corrected chi connectivity index (χ2v) is 4.82. The third kappa shape index (κ3) is 1.79. The Bertz CT molecular complexity index is 569. The van der Waals surface area contributed by atoms with Crippen molar-refractivity contribution in [2.24, 2.45) is 0 Å². The smallest absolute Gasteiger partial charge is 0.207 e. The predicted molar refractivity (Wildman–Crippen MR) is 66.9 cm³/mol. The van der Waals surface area contributed by atoms with E-state index >= 15 is 0 Å². The second-order valence-electron chi connectivity index (χ2n) is 4.82. The van der Waals surface area contributed by atoms with E-state index in [0.717, 1.165) is 17.0 Å². The number of imidazole rings is 1. The van der Waals surface area contributed by atoms with Crippen LogP contribution in [-0.2, 0) is 10.3 Å². The molecule has 2 heterocycles. The average molecular weight is 231 g/mol. The van der Waals surface area contributed by atoms with E-state index in [2.05, 4.69) is 23.3 Å². The molecule has 1 N–H and O–H groups in total. The summed E-state index contributed by atoms with van der Waals surface area (Å²) < 4.78 is 2.04. The number of nitrogens with zero attached hydrogens (tertiary/aromatic N) is 2. The molecule has 0 atom stereocenters. The van der Waals surface area contributed by atoms with Gasteiger partial charge in [-0.2, -0.15) is 0 Å². The lowest BCUT2D eigenvalue weighted by Gasteiger charge is -2.22. The molecule has 0 bridgehead atoms. The van der Waals surface area contributed by atoms with Crippen LogP contribution in [-0.4, -0.2) is 15.8 Å². The van der Waals surface area contributed by atoms with Crippen molar-refractivity contribution in [1.29, 1.82) is 0 Å². The van der Waals surface area contributed by atoms with Crippen molar-refractivity contribution in [3.63, 3.8) is 0 Å². The van der Waals surface area contributed by atoms with Gasteiger partial charge in [0.2, 0.25) is 6.41 Å². The van der Waals surface area contributed by atoms with Crippen LogP contribution in [0.3, 0.4) is 0 Å². The number of carbonyl (C=O) groups excluding carboxylic acids is 1. The minimum Gasteiger partial charge on any atom is -0.347 e. The molecule has 0 aliphatic carbocycles. The van der Waals surface area contributed by atoms with Crippen LogP contribution in [0, 0.1) is 13.8 Å². The first-order valence-electron chi connectivity index (χ1n) is 5.63. The van der Waals surface area contributed by atoms with Gasteiger partial charge in [0.1, 0.15) is 5.82 Å². The molecule has 0 aliphatic rings. The Morgan fingerprint density at radius 1 is 1.41 bits per heavy atom. The molecule has 0 saturated carbocycles. The normalized spacial score (nSPS) is 11.8. The largest absolute Gasteiger partial charge is 0.347 e. The van der Waals surface area contributed by atoms with Crippen LogP contribution in [0.15, 0.2) is 18.3 Å². The van der Waals surface area contributed by atoms with Crippen LogP contribution >= 0.6 is 0 Å². The highest BCUT2D eigenvalue weighted by Gasteiger charge is 2.26. The number of carbonyl (C=O) groups is 1.